The summed E-state index contributed by atoms with van der Waals surface area (Å²) in [5, 5.41) is 8.45. The van der Waals surface area contributed by atoms with Crippen molar-refractivity contribution in [2.24, 2.45) is 0 Å². The molecule has 3 aromatic rings. The zero-order valence-electron chi connectivity index (χ0n) is 11.8. The van der Waals surface area contributed by atoms with Crippen molar-refractivity contribution in [1.82, 2.24) is 15.3 Å². The molecule has 0 fully saturated rings. The molecule has 3 nitrogen and oxygen atoms in total. The molecule has 0 bridgehead atoms. The van der Waals surface area contributed by atoms with Crippen LogP contribution in [0.3, 0.4) is 0 Å². The van der Waals surface area contributed by atoms with Crippen LogP contribution in [0.1, 0.15) is 16.3 Å². The minimum absolute atomic E-state index is 0.750. The molecule has 2 aromatic heterocycles. The van der Waals surface area contributed by atoms with Crippen molar-refractivity contribution in [2.45, 2.75) is 19.9 Å². The van der Waals surface area contributed by atoms with E-state index in [-0.39, 0.29) is 0 Å². The van der Waals surface area contributed by atoms with Gasteiger partial charge in [0.2, 0.25) is 0 Å². The van der Waals surface area contributed by atoms with Gasteiger partial charge in [-0.2, -0.15) is 0 Å². The lowest BCUT2D eigenvalue weighted by molar-refractivity contribution is 0.683. The summed E-state index contributed by atoms with van der Waals surface area (Å²) in [4.78, 5) is 8.91. The molecule has 0 amide bonds. The van der Waals surface area contributed by atoms with E-state index >= 15 is 0 Å². The molecular formula is C16H16ClN3S. The van der Waals surface area contributed by atoms with Gasteiger partial charge in [0, 0.05) is 41.5 Å². The molecule has 0 unspecified atom stereocenters. The molecule has 0 spiro atoms. The number of rotatable bonds is 5. The highest BCUT2D eigenvalue weighted by atomic mass is 35.5. The Morgan fingerprint density at radius 1 is 1.29 bits per heavy atom. The van der Waals surface area contributed by atoms with Crippen molar-refractivity contribution < 1.29 is 0 Å². The van der Waals surface area contributed by atoms with Gasteiger partial charge in [-0.1, -0.05) is 17.7 Å². The second-order valence-electron chi connectivity index (χ2n) is 4.89. The Balaban J connectivity index is 1.64. The molecule has 2 heterocycles. The molecule has 0 aliphatic carbocycles. The van der Waals surface area contributed by atoms with Crippen LogP contribution in [0.2, 0.25) is 5.02 Å². The van der Waals surface area contributed by atoms with Crippen molar-refractivity contribution in [2.75, 3.05) is 6.54 Å². The summed E-state index contributed by atoms with van der Waals surface area (Å²) >= 11 is 7.90. The summed E-state index contributed by atoms with van der Waals surface area (Å²) in [6, 6.07) is 7.90. The molecule has 1 N–H and O–H groups in total. The smallest absolute Gasteiger partial charge is 0.0897 e. The topological polar surface area (TPSA) is 37.8 Å². The van der Waals surface area contributed by atoms with E-state index in [2.05, 4.69) is 20.7 Å². The van der Waals surface area contributed by atoms with Gasteiger partial charge in [-0.15, -0.1) is 11.3 Å². The van der Waals surface area contributed by atoms with Gasteiger partial charge < -0.3 is 5.32 Å². The third-order valence-electron chi connectivity index (χ3n) is 3.34. The first-order valence-electron chi connectivity index (χ1n) is 6.88. The second-order valence-corrected chi connectivity index (χ2v) is 6.36. The van der Waals surface area contributed by atoms with Gasteiger partial charge in [0.1, 0.15) is 0 Å². The quantitative estimate of drug-likeness (QED) is 0.723. The fourth-order valence-electron chi connectivity index (χ4n) is 2.30. The Morgan fingerprint density at radius 3 is 3.00 bits per heavy atom. The van der Waals surface area contributed by atoms with Crippen molar-refractivity contribution in [3.8, 4) is 0 Å². The molecular weight excluding hydrogens is 302 g/mol. The maximum absolute atomic E-state index is 6.21. The normalized spacial score (nSPS) is 11.1. The summed E-state index contributed by atoms with van der Waals surface area (Å²) in [5.41, 5.74) is 3.30. The van der Waals surface area contributed by atoms with Gasteiger partial charge >= 0.3 is 0 Å². The number of hydrogen-bond donors (Lipinski definition) is 1. The van der Waals surface area contributed by atoms with Crippen LogP contribution in [0.4, 0.5) is 0 Å². The van der Waals surface area contributed by atoms with E-state index in [0.717, 1.165) is 46.1 Å². The first kappa shape index (κ1) is 14.4. The summed E-state index contributed by atoms with van der Waals surface area (Å²) in [7, 11) is 0. The Morgan fingerprint density at radius 2 is 2.19 bits per heavy atom. The number of thiazole rings is 1. The van der Waals surface area contributed by atoms with E-state index in [1.165, 1.54) is 5.56 Å². The third-order valence-corrected chi connectivity index (χ3v) is 4.49. The van der Waals surface area contributed by atoms with E-state index in [0.29, 0.717) is 0 Å². The lowest BCUT2D eigenvalue weighted by Gasteiger charge is -2.08. The Hall–Kier alpha value is -1.49. The molecule has 0 radical (unpaired) electrons. The highest BCUT2D eigenvalue weighted by Gasteiger charge is 2.05. The van der Waals surface area contributed by atoms with Gasteiger partial charge in [-0.3, -0.25) is 4.98 Å². The van der Waals surface area contributed by atoms with Crippen molar-refractivity contribution in [1.29, 1.82) is 0 Å². The number of nitrogens with one attached hydrogen (secondary N) is 1. The van der Waals surface area contributed by atoms with Gasteiger partial charge in [0.25, 0.3) is 0 Å². The monoisotopic (exact) mass is 317 g/mol. The lowest BCUT2D eigenvalue weighted by Crippen LogP contribution is -2.17. The summed E-state index contributed by atoms with van der Waals surface area (Å²) in [6.07, 6.45) is 2.75. The Bertz CT molecular complexity index is 754. The van der Waals surface area contributed by atoms with Crippen LogP contribution in [-0.2, 0) is 13.0 Å². The van der Waals surface area contributed by atoms with E-state index in [4.69, 9.17) is 11.6 Å². The van der Waals surface area contributed by atoms with E-state index in [1.54, 1.807) is 17.5 Å². The van der Waals surface area contributed by atoms with Crippen molar-refractivity contribution in [3.63, 3.8) is 0 Å². The molecule has 0 aliphatic heterocycles. The molecule has 5 heteroatoms. The first-order chi connectivity index (χ1) is 10.2. The fraction of sp³-hybridized carbons (Fsp3) is 0.250. The van der Waals surface area contributed by atoms with Crippen LogP contribution in [0, 0.1) is 6.92 Å². The fourth-order valence-corrected chi connectivity index (χ4v) is 3.16. The second kappa shape index (κ2) is 6.52. The van der Waals surface area contributed by atoms with E-state index in [1.807, 2.05) is 31.2 Å². The zero-order chi connectivity index (χ0) is 14.7. The molecule has 108 valence electrons. The number of aromatic nitrogens is 2. The molecule has 21 heavy (non-hydrogen) atoms. The van der Waals surface area contributed by atoms with Gasteiger partial charge in [-0.05, 0) is 30.7 Å². The number of benzene rings is 1. The highest BCUT2D eigenvalue weighted by Crippen LogP contribution is 2.24. The first-order valence-corrected chi connectivity index (χ1v) is 8.13. The molecule has 1 aromatic carbocycles. The van der Waals surface area contributed by atoms with E-state index < -0.39 is 0 Å². The number of halogens is 1. The average Bonchev–Trinajstić information content (AvgIpc) is 2.91. The Labute approximate surface area is 133 Å². The minimum atomic E-state index is 0.750. The molecule has 0 atom stereocenters. The minimum Gasteiger partial charge on any atom is -0.312 e. The maximum atomic E-state index is 6.21. The molecule has 0 saturated carbocycles. The molecule has 3 rings (SSSR count). The third kappa shape index (κ3) is 3.40. The molecule has 0 saturated heterocycles. The maximum Gasteiger partial charge on any atom is 0.0897 e. The predicted octanol–water partition coefficient (Wildman–Crippen LogP) is 3.99. The number of nitrogens with zero attached hydrogens (tertiary/aromatic N) is 2. The van der Waals surface area contributed by atoms with Gasteiger partial charge in [0.15, 0.2) is 0 Å². The van der Waals surface area contributed by atoms with Crippen LogP contribution >= 0.6 is 22.9 Å². The standard InChI is InChI=1S/C16H16ClN3S/c1-11-20-13(10-21-11)6-8-18-9-12-4-5-15(17)14-3-2-7-19-16(12)14/h2-5,7,10,18H,6,8-9H2,1H3. The summed E-state index contributed by atoms with van der Waals surface area (Å²) in [5.74, 6) is 0. The summed E-state index contributed by atoms with van der Waals surface area (Å²) < 4.78 is 0. The van der Waals surface area contributed by atoms with Crippen molar-refractivity contribution >= 4 is 33.8 Å². The predicted molar refractivity (Wildman–Crippen MR) is 89.0 cm³/mol. The van der Waals surface area contributed by atoms with Crippen LogP contribution in [0.5, 0.6) is 0 Å². The number of aryl methyl sites for hydroxylation is 1. The van der Waals surface area contributed by atoms with E-state index in [9.17, 15) is 0 Å². The highest BCUT2D eigenvalue weighted by molar-refractivity contribution is 7.09. The zero-order valence-corrected chi connectivity index (χ0v) is 13.3. The average molecular weight is 318 g/mol. The van der Waals surface area contributed by atoms with Gasteiger partial charge in [-0.25, -0.2) is 4.98 Å². The SMILES string of the molecule is Cc1nc(CCNCc2ccc(Cl)c3cccnc23)cs1. The number of hydrogen-bond acceptors (Lipinski definition) is 4. The summed E-state index contributed by atoms with van der Waals surface area (Å²) in [6.45, 7) is 3.72. The largest absolute Gasteiger partial charge is 0.312 e. The Kier molecular flexibility index (Phi) is 4.48. The van der Waals surface area contributed by atoms with Gasteiger partial charge in [0.05, 0.1) is 16.2 Å². The number of fused-ring (bicyclic) bond motifs is 1. The van der Waals surface area contributed by atoms with Crippen molar-refractivity contribution in [3.05, 3.63) is 57.1 Å². The van der Waals surface area contributed by atoms with Crippen LogP contribution in [0.15, 0.2) is 35.8 Å². The van der Waals surface area contributed by atoms with Crippen LogP contribution in [0.25, 0.3) is 10.9 Å². The van der Waals surface area contributed by atoms with Crippen LogP contribution in [-0.4, -0.2) is 16.5 Å². The number of pyridine rings is 1. The molecule has 0 aliphatic rings. The lowest BCUT2D eigenvalue weighted by atomic mass is 10.1. The van der Waals surface area contributed by atoms with Crippen LogP contribution < -0.4 is 5.32 Å².